The van der Waals surface area contributed by atoms with Crippen LogP contribution >= 0.6 is 11.3 Å². The van der Waals surface area contributed by atoms with Crippen molar-refractivity contribution in [2.24, 2.45) is 0 Å². The predicted molar refractivity (Wildman–Crippen MR) is 101 cm³/mol. The van der Waals surface area contributed by atoms with Crippen molar-refractivity contribution in [3.05, 3.63) is 57.3 Å². The molecule has 0 spiro atoms. The van der Waals surface area contributed by atoms with Gasteiger partial charge >= 0.3 is 5.97 Å². The van der Waals surface area contributed by atoms with E-state index in [1.165, 1.54) is 10.4 Å². The number of nitrogens with one attached hydrogen (secondary N) is 1. The smallest absolute Gasteiger partial charge is 0.307 e. The first-order valence-electron chi connectivity index (χ1n) is 8.52. The number of fused-ring (bicyclic) bond motifs is 2. The molecule has 0 unspecified atom stereocenters. The number of hydrogen-bond donors (Lipinski definition) is 2. The summed E-state index contributed by atoms with van der Waals surface area (Å²) in [5, 5.41) is 14.6. The summed E-state index contributed by atoms with van der Waals surface area (Å²) >= 11 is 1.71. The average molecular weight is 357 g/mol. The van der Waals surface area contributed by atoms with Crippen LogP contribution in [0.4, 0.5) is 0 Å². The fraction of sp³-hybridized carbons (Fsp3) is 0.350. The summed E-state index contributed by atoms with van der Waals surface area (Å²) in [6.07, 6.45) is 3.17. The van der Waals surface area contributed by atoms with Crippen LogP contribution < -0.4 is 10.1 Å². The molecule has 132 valence electrons. The van der Waals surface area contributed by atoms with Crippen LogP contribution in [0.25, 0.3) is 5.57 Å². The molecule has 0 atom stereocenters. The van der Waals surface area contributed by atoms with Crippen LogP contribution in [-0.2, 0) is 17.8 Å². The van der Waals surface area contributed by atoms with Gasteiger partial charge in [-0.3, -0.25) is 4.79 Å². The van der Waals surface area contributed by atoms with Crippen LogP contribution in [0.1, 0.15) is 41.8 Å². The van der Waals surface area contributed by atoms with Crippen molar-refractivity contribution < 1.29 is 14.6 Å². The summed E-state index contributed by atoms with van der Waals surface area (Å²) in [7, 11) is 0. The average Bonchev–Trinajstić information content (AvgIpc) is 2.96. The maximum Gasteiger partial charge on any atom is 0.307 e. The van der Waals surface area contributed by atoms with E-state index in [-0.39, 0.29) is 6.42 Å². The topological polar surface area (TPSA) is 58.6 Å². The molecule has 5 heteroatoms. The van der Waals surface area contributed by atoms with E-state index in [1.54, 1.807) is 11.3 Å². The number of carbonyl (C=O) groups is 1. The van der Waals surface area contributed by atoms with Crippen molar-refractivity contribution in [2.75, 3.05) is 6.54 Å². The van der Waals surface area contributed by atoms with Crippen LogP contribution in [-0.4, -0.2) is 23.7 Å². The molecule has 0 saturated carbocycles. The Morgan fingerprint density at radius 3 is 3.00 bits per heavy atom. The molecule has 0 saturated heterocycles. The molecule has 3 rings (SSSR count). The molecule has 1 aliphatic rings. The maximum absolute atomic E-state index is 11.1. The largest absolute Gasteiger partial charge is 0.488 e. The van der Waals surface area contributed by atoms with Gasteiger partial charge in [0.25, 0.3) is 0 Å². The zero-order valence-electron chi connectivity index (χ0n) is 14.5. The molecule has 0 radical (unpaired) electrons. The third-order valence-corrected chi connectivity index (χ3v) is 5.10. The fourth-order valence-electron chi connectivity index (χ4n) is 2.95. The van der Waals surface area contributed by atoms with Gasteiger partial charge in [-0.25, -0.2) is 0 Å². The number of carboxylic acid groups (broad SMARTS) is 1. The first kappa shape index (κ1) is 17.7. The van der Waals surface area contributed by atoms with Crippen molar-refractivity contribution in [1.82, 2.24) is 5.32 Å². The summed E-state index contributed by atoms with van der Waals surface area (Å²) in [6, 6.07) is 8.25. The second-order valence-electron chi connectivity index (χ2n) is 6.48. The third-order valence-electron chi connectivity index (χ3n) is 4.11. The van der Waals surface area contributed by atoms with Crippen molar-refractivity contribution in [1.29, 1.82) is 0 Å². The highest BCUT2D eigenvalue weighted by Gasteiger charge is 2.21. The first-order chi connectivity index (χ1) is 12.0. The van der Waals surface area contributed by atoms with Gasteiger partial charge in [0.2, 0.25) is 0 Å². The van der Waals surface area contributed by atoms with Gasteiger partial charge in [0.1, 0.15) is 12.4 Å². The monoisotopic (exact) mass is 357 g/mol. The summed E-state index contributed by atoms with van der Waals surface area (Å²) in [5.41, 5.74) is 4.12. The van der Waals surface area contributed by atoms with Crippen molar-refractivity contribution >= 4 is 22.9 Å². The lowest BCUT2D eigenvalue weighted by Crippen LogP contribution is -2.23. The second-order valence-corrected chi connectivity index (χ2v) is 7.40. The van der Waals surface area contributed by atoms with Gasteiger partial charge in [-0.15, -0.1) is 11.3 Å². The van der Waals surface area contributed by atoms with Gasteiger partial charge in [0.15, 0.2) is 0 Å². The highest BCUT2D eigenvalue weighted by Crippen LogP contribution is 2.40. The molecule has 1 aromatic carbocycles. The summed E-state index contributed by atoms with van der Waals surface area (Å²) in [6.45, 7) is 5.73. The Morgan fingerprint density at radius 2 is 2.24 bits per heavy atom. The van der Waals surface area contributed by atoms with E-state index in [0.29, 0.717) is 12.6 Å². The zero-order chi connectivity index (χ0) is 17.8. The Kier molecular flexibility index (Phi) is 5.56. The van der Waals surface area contributed by atoms with Gasteiger partial charge in [-0.1, -0.05) is 26.0 Å². The standard InChI is InChI=1S/C20H23NO3S/c1-13(2)21-8-3-4-16-17-10-14(11-19(22)23)5-6-18(17)24-12-15-7-9-25-20(15)16/h4-7,9-10,13,21H,3,8,11-12H2,1-2H3,(H,22,23)/b16-4+. The molecule has 4 nitrogen and oxygen atoms in total. The number of ether oxygens (including phenoxy) is 1. The molecule has 1 aromatic heterocycles. The van der Waals surface area contributed by atoms with Crippen LogP contribution in [0.15, 0.2) is 35.7 Å². The highest BCUT2D eigenvalue weighted by molar-refractivity contribution is 7.11. The van der Waals surface area contributed by atoms with E-state index in [9.17, 15) is 4.79 Å². The molecule has 0 amide bonds. The minimum atomic E-state index is -0.821. The number of carboxylic acids is 1. The summed E-state index contributed by atoms with van der Waals surface area (Å²) in [5.74, 6) is -0.00132. The van der Waals surface area contributed by atoms with E-state index in [1.807, 2.05) is 18.2 Å². The molecule has 0 bridgehead atoms. The van der Waals surface area contributed by atoms with E-state index >= 15 is 0 Å². The number of hydrogen-bond acceptors (Lipinski definition) is 4. The summed E-state index contributed by atoms with van der Waals surface area (Å²) < 4.78 is 5.97. The van der Waals surface area contributed by atoms with E-state index in [4.69, 9.17) is 9.84 Å². The van der Waals surface area contributed by atoms with Crippen LogP contribution in [0, 0.1) is 0 Å². The molecule has 25 heavy (non-hydrogen) atoms. The van der Waals surface area contributed by atoms with Crippen molar-refractivity contribution in [3.8, 4) is 5.75 Å². The molecule has 0 fully saturated rings. The quantitative estimate of drug-likeness (QED) is 0.765. The highest BCUT2D eigenvalue weighted by atomic mass is 32.1. The Hall–Kier alpha value is -2.11. The number of benzene rings is 1. The molecular formula is C20H23NO3S. The van der Waals surface area contributed by atoms with E-state index in [2.05, 4.69) is 36.7 Å². The van der Waals surface area contributed by atoms with Crippen LogP contribution in [0.3, 0.4) is 0 Å². The minimum absolute atomic E-state index is 0.0206. The minimum Gasteiger partial charge on any atom is -0.488 e. The number of thiophene rings is 1. The van der Waals surface area contributed by atoms with Crippen molar-refractivity contribution in [2.45, 2.75) is 39.3 Å². The lowest BCUT2D eigenvalue weighted by Gasteiger charge is -2.12. The van der Waals surface area contributed by atoms with Crippen molar-refractivity contribution in [3.63, 3.8) is 0 Å². The number of aliphatic carboxylic acids is 1. The zero-order valence-corrected chi connectivity index (χ0v) is 15.4. The van der Waals surface area contributed by atoms with E-state index < -0.39 is 5.97 Å². The fourth-order valence-corrected chi connectivity index (χ4v) is 3.92. The molecule has 1 aliphatic heterocycles. The predicted octanol–water partition coefficient (Wildman–Crippen LogP) is 4.09. The van der Waals surface area contributed by atoms with Gasteiger partial charge in [0.05, 0.1) is 6.42 Å². The lowest BCUT2D eigenvalue weighted by molar-refractivity contribution is -0.136. The normalized spacial score (nSPS) is 14.8. The second kappa shape index (κ2) is 7.85. The SMILES string of the molecule is CC(C)NCC/C=C1\c2cc(CC(=O)O)ccc2OCc2ccsc21. The van der Waals surface area contributed by atoms with Gasteiger partial charge in [-0.05, 0) is 47.7 Å². The molecule has 0 aliphatic carbocycles. The first-order valence-corrected chi connectivity index (χ1v) is 9.40. The Balaban J connectivity index is 1.97. The van der Waals surface area contributed by atoms with Gasteiger partial charge in [0, 0.05) is 22.0 Å². The molecule has 2 N–H and O–H groups in total. The Bertz CT molecular complexity index is 792. The van der Waals surface area contributed by atoms with Crippen LogP contribution in [0.2, 0.25) is 0 Å². The van der Waals surface area contributed by atoms with Gasteiger partial charge < -0.3 is 15.2 Å². The Morgan fingerprint density at radius 1 is 1.40 bits per heavy atom. The lowest BCUT2D eigenvalue weighted by atomic mass is 9.97. The van der Waals surface area contributed by atoms with Crippen LogP contribution in [0.5, 0.6) is 5.75 Å². The third kappa shape index (κ3) is 4.30. The van der Waals surface area contributed by atoms with Gasteiger partial charge in [-0.2, -0.15) is 0 Å². The summed E-state index contributed by atoms with van der Waals surface area (Å²) in [4.78, 5) is 12.3. The number of rotatable bonds is 6. The maximum atomic E-state index is 11.1. The molecular weight excluding hydrogens is 334 g/mol. The van der Waals surface area contributed by atoms with E-state index in [0.717, 1.165) is 35.4 Å². The Labute approximate surface area is 152 Å². The molecule has 2 heterocycles. The molecule has 2 aromatic rings.